The zero-order chi connectivity index (χ0) is 39.4. The Morgan fingerprint density at radius 2 is 1.27 bits per heavy atom. The molecule has 0 bridgehead atoms. The van der Waals surface area contributed by atoms with Crippen LogP contribution in [0.2, 0.25) is 0 Å². The first-order valence-electron chi connectivity index (χ1n) is 19.5. The molecule has 11 heteroatoms. The number of carbonyl (C=O) groups excluding carboxylic acids is 4. The van der Waals surface area contributed by atoms with Crippen molar-refractivity contribution in [1.29, 1.82) is 0 Å². The lowest BCUT2D eigenvalue weighted by Gasteiger charge is -2.31. The molecule has 4 atom stereocenters. The predicted octanol–water partition coefficient (Wildman–Crippen LogP) is 6.80. The van der Waals surface area contributed by atoms with Crippen molar-refractivity contribution < 1.29 is 23.9 Å². The monoisotopic (exact) mass is 746 g/mol. The summed E-state index contributed by atoms with van der Waals surface area (Å²) in [5.74, 6) is -0.479. The van der Waals surface area contributed by atoms with Crippen molar-refractivity contribution >= 4 is 46.4 Å². The van der Waals surface area contributed by atoms with E-state index >= 15 is 0 Å². The van der Waals surface area contributed by atoms with Crippen LogP contribution in [0.15, 0.2) is 82.6 Å². The lowest BCUT2D eigenvalue weighted by atomic mass is 9.94. The van der Waals surface area contributed by atoms with Crippen LogP contribution in [0, 0.1) is 11.8 Å². The lowest BCUT2D eigenvalue weighted by Crippen LogP contribution is -2.54. The number of hydrogen-bond donors (Lipinski definition) is 2. The number of rotatable bonds is 12. The van der Waals surface area contributed by atoms with Gasteiger partial charge >= 0.3 is 6.09 Å². The quantitative estimate of drug-likeness (QED) is 0.231. The first kappa shape index (κ1) is 39.4. The largest absolute Gasteiger partial charge is 0.453 e. The Balaban J connectivity index is 1.06. The number of methoxy groups -OCH3 is 1. The predicted molar refractivity (Wildman–Crippen MR) is 217 cm³/mol. The van der Waals surface area contributed by atoms with Crippen LogP contribution < -0.4 is 10.6 Å². The fourth-order valence-corrected chi connectivity index (χ4v) is 7.96. The van der Waals surface area contributed by atoms with Crippen molar-refractivity contribution in [3.63, 3.8) is 0 Å². The first-order chi connectivity index (χ1) is 26.4. The third-order valence-electron chi connectivity index (χ3n) is 11.1. The lowest BCUT2D eigenvalue weighted by molar-refractivity contribution is -0.137. The van der Waals surface area contributed by atoms with E-state index in [0.29, 0.717) is 25.9 Å². The van der Waals surface area contributed by atoms with Crippen LogP contribution in [-0.2, 0) is 19.1 Å². The molecule has 0 saturated carbocycles. The minimum Gasteiger partial charge on any atom is -0.453 e. The Morgan fingerprint density at radius 1 is 0.764 bits per heavy atom. The summed E-state index contributed by atoms with van der Waals surface area (Å²) in [7, 11) is 1.30. The molecule has 6 rings (SSSR count). The van der Waals surface area contributed by atoms with Gasteiger partial charge in [0.05, 0.1) is 19.2 Å². The molecule has 4 aliphatic heterocycles. The Kier molecular flexibility index (Phi) is 12.2. The molecular weight excluding hydrogens is 693 g/mol. The third kappa shape index (κ3) is 8.66. The normalized spacial score (nSPS) is 20.5. The first-order valence-corrected chi connectivity index (χ1v) is 19.5. The topological polar surface area (TPSA) is 133 Å². The van der Waals surface area contributed by atoms with Crippen LogP contribution in [0.1, 0.15) is 84.8 Å². The van der Waals surface area contributed by atoms with Crippen LogP contribution in [0.4, 0.5) is 4.79 Å². The van der Waals surface area contributed by atoms with Gasteiger partial charge in [0, 0.05) is 56.7 Å². The smallest absolute Gasteiger partial charge is 0.407 e. The molecule has 1 unspecified atom stereocenters. The van der Waals surface area contributed by atoms with E-state index in [1.165, 1.54) is 19.6 Å². The standard InChI is InChI=1S/C44H54N6O5/c1-8-29-20-39(50(25-29)43(53)41(27(4)5)48-44(54)55-7)37-22-35(24-46-37)33-17-13-31(14-18-33)30-11-15-32(16-12-30)34-21-36(45-23-34)38-10-9-19-49(38)42(52)40(26(2)3)47-28(6)51/h11-18,20,23-24,26-27,38-41H,8-10,19,21-22,25H2,1-7H3,(H,47,51)(H,48,54)/t38-,39-,40?,41+/m0/s1. The van der Waals surface area contributed by atoms with E-state index in [-0.39, 0.29) is 41.6 Å². The van der Waals surface area contributed by atoms with E-state index < -0.39 is 18.2 Å². The molecule has 0 aliphatic carbocycles. The second-order valence-electron chi connectivity index (χ2n) is 15.6. The third-order valence-corrected chi connectivity index (χ3v) is 11.1. The van der Waals surface area contributed by atoms with Gasteiger partial charge in [0.2, 0.25) is 17.7 Å². The summed E-state index contributed by atoms with van der Waals surface area (Å²) in [6, 6.07) is 15.5. The SMILES string of the molecule is CCC1=C[C@@H](C2=NC=C(c3ccc(-c4ccc(C5=CN=C([C@@H]6CCCN6C(=O)C(NC(C)=O)C(C)C)C5)cc4)cc3)C2)N(C(=O)[C@H](NC(=O)OC)C(C)C)C1. The number of alkyl carbamates (subject to hydrolysis) is 1. The molecule has 2 N–H and O–H groups in total. The van der Waals surface area contributed by atoms with Gasteiger partial charge in [-0.2, -0.15) is 0 Å². The molecule has 2 aromatic carbocycles. The number of nitrogens with zero attached hydrogens (tertiary/aromatic N) is 4. The molecule has 2 aromatic rings. The molecule has 4 heterocycles. The number of benzene rings is 2. The van der Waals surface area contributed by atoms with Crippen molar-refractivity contribution in [3.8, 4) is 11.1 Å². The molecule has 1 fully saturated rings. The van der Waals surface area contributed by atoms with Gasteiger partial charge in [0.25, 0.3) is 0 Å². The van der Waals surface area contributed by atoms with Gasteiger partial charge in [-0.25, -0.2) is 4.79 Å². The molecule has 1 saturated heterocycles. The maximum absolute atomic E-state index is 13.8. The van der Waals surface area contributed by atoms with Crippen molar-refractivity contribution in [3.05, 3.63) is 83.7 Å². The highest BCUT2D eigenvalue weighted by atomic mass is 16.5. The molecule has 11 nitrogen and oxygen atoms in total. The molecule has 4 aliphatic rings. The summed E-state index contributed by atoms with van der Waals surface area (Å²) in [5, 5.41) is 5.58. The molecular formula is C44H54N6O5. The fraction of sp³-hybridized carbons (Fsp3) is 0.455. The molecule has 0 radical (unpaired) electrons. The molecule has 290 valence electrons. The second kappa shape index (κ2) is 17.0. The second-order valence-corrected chi connectivity index (χ2v) is 15.6. The summed E-state index contributed by atoms with van der Waals surface area (Å²) in [4.78, 5) is 64.5. The summed E-state index contributed by atoms with van der Waals surface area (Å²) in [5.41, 5.74) is 9.72. The van der Waals surface area contributed by atoms with Crippen LogP contribution >= 0.6 is 0 Å². The molecule has 4 amide bonds. The van der Waals surface area contributed by atoms with Gasteiger partial charge in [0.15, 0.2) is 0 Å². The van der Waals surface area contributed by atoms with E-state index in [2.05, 4.69) is 72.2 Å². The summed E-state index contributed by atoms with van der Waals surface area (Å²) in [6.07, 6.45) is 9.32. The number of ether oxygens (including phenoxy) is 1. The molecule has 0 aromatic heterocycles. The van der Waals surface area contributed by atoms with Gasteiger partial charge < -0.3 is 25.2 Å². The Morgan fingerprint density at radius 3 is 1.80 bits per heavy atom. The maximum Gasteiger partial charge on any atom is 0.407 e. The Hall–Kier alpha value is -5.32. The molecule has 55 heavy (non-hydrogen) atoms. The minimum atomic E-state index is -0.697. The fourth-order valence-electron chi connectivity index (χ4n) is 7.96. The Bertz CT molecular complexity index is 1960. The van der Waals surface area contributed by atoms with Crippen LogP contribution in [0.5, 0.6) is 0 Å². The number of hydrogen-bond acceptors (Lipinski definition) is 7. The summed E-state index contributed by atoms with van der Waals surface area (Å²) in [6.45, 7) is 12.5. The van der Waals surface area contributed by atoms with Crippen LogP contribution in [0.3, 0.4) is 0 Å². The zero-order valence-corrected chi connectivity index (χ0v) is 33.1. The summed E-state index contributed by atoms with van der Waals surface area (Å²) >= 11 is 0. The number of aliphatic imine (C=N–C) groups is 2. The van der Waals surface area contributed by atoms with Gasteiger partial charge in [-0.05, 0) is 64.5 Å². The van der Waals surface area contributed by atoms with Gasteiger partial charge in [-0.15, -0.1) is 0 Å². The average molecular weight is 747 g/mol. The highest BCUT2D eigenvalue weighted by Gasteiger charge is 2.39. The van der Waals surface area contributed by atoms with Crippen LogP contribution in [0.25, 0.3) is 22.3 Å². The number of nitrogens with one attached hydrogen (secondary N) is 2. The number of allylic oxidation sites excluding steroid dienone is 2. The number of likely N-dealkylation sites (tertiary alicyclic amines) is 1. The van der Waals surface area contributed by atoms with Crippen molar-refractivity contribution in [2.45, 2.75) is 97.8 Å². The minimum absolute atomic E-state index is 0.00507. The van der Waals surface area contributed by atoms with E-state index in [1.54, 1.807) is 0 Å². The Labute approximate surface area is 324 Å². The van der Waals surface area contributed by atoms with E-state index in [0.717, 1.165) is 64.1 Å². The number of amides is 4. The summed E-state index contributed by atoms with van der Waals surface area (Å²) < 4.78 is 4.79. The van der Waals surface area contributed by atoms with Gasteiger partial charge in [-0.1, -0.05) is 94.8 Å². The van der Waals surface area contributed by atoms with Crippen molar-refractivity contribution in [1.82, 2.24) is 20.4 Å². The van der Waals surface area contributed by atoms with E-state index in [9.17, 15) is 19.2 Å². The van der Waals surface area contributed by atoms with E-state index in [4.69, 9.17) is 14.7 Å². The number of carbonyl (C=O) groups is 4. The van der Waals surface area contributed by atoms with Crippen LogP contribution in [-0.4, -0.2) is 89.4 Å². The highest BCUT2D eigenvalue weighted by molar-refractivity contribution is 6.06. The maximum atomic E-state index is 13.8. The van der Waals surface area contributed by atoms with Gasteiger partial charge in [-0.3, -0.25) is 24.4 Å². The van der Waals surface area contributed by atoms with Crippen molar-refractivity contribution in [2.75, 3.05) is 20.2 Å². The molecule has 0 spiro atoms. The average Bonchev–Trinajstić information content (AvgIpc) is 4.01. The van der Waals surface area contributed by atoms with Gasteiger partial charge in [0.1, 0.15) is 12.1 Å². The van der Waals surface area contributed by atoms with E-state index in [1.807, 2.05) is 49.9 Å². The van der Waals surface area contributed by atoms with Crippen molar-refractivity contribution in [2.24, 2.45) is 21.8 Å². The highest BCUT2D eigenvalue weighted by Crippen LogP contribution is 2.34. The zero-order valence-electron chi connectivity index (χ0n) is 33.1.